The van der Waals surface area contributed by atoms with Crippen LogP contribution in [-0.4, -0.2) is 11.7 Å². The third-order valence-electron chi connectivity index (χ3n) is 3.21. The van der Waals surface area contributed by atoms with Gasteiger partial charge in [-0.05, 0) is 61.4 Å². The quantitative estimate of drug-likeness (QED) is 0.727. The number of phenolic OH excluding ortho intramolecular Hbond substituents is 1. The monoisotopic (exact) mass is 205 g/mol. The van der Waals surface area contributed by atoms with Crippen molar-refractivity contribution in [3.05, 3.63) is 28.8 Å². The fourth-order valence-electron chi connectivity index (χ4n) is 2.36. The summed E-state index contributed by atoms with van der Waals surface area (Å²) in [6, 6.07) is 4.11. The van der Waals surface area contributed by atoms with Crippen LogP contribution in [0.15, 0.2) is 12.1 Å². The van der Waals surface area contributed by atoms with Crippen LogP contribution in [0.2, 0.25) is 0 Å². The minimum atomic E-state index is 0.432. The largest absolute Gasteiger partial charge is 0.508 e. The van der Waals surface area contributed by atoms with E-state index in [-0.39, 0.29) is 0 Å². The summed E-state index contributed by atoms with van der Waals surface area (Å²) in [4.78, 5) is 0. The molecule has 0 aliphatic heterocycles. The maximum Gasteiger partial charge on any atom is 0.119 e. The van der Waals surface area contributed by atoms with E-state index >= 15 is 0 Å². The highest BCUT2D eigenvalue weighted by atomic mass is 16.3. The first-order chi connectivity index (χ1) is 7.31. The lowest BCUT2D eigenvalue weighted by Gasteiger charge is -2.10. The molecule has 0 unspecified atom stereocenters. The van der Waals surface area contributed by atoms with Crippen molar-refractivity contribution >= 4 is 0 Å². The van der Waals surface area contributed by atoms with Crippen LogP contribution in [0.1, 0.15) is 36.0 Å². The summed E-state index contributed by atoms with van der Waals surface area (Å²) in [5.41, 5.74) is 9.30. The lowest BCUT2D eigenvalue weighted by Crippen LogP contribution is -2.04. The van der Waals surface area contributed by atoms with E-state index in [0.717, 1.165) is 24.8 Å². The molecule has 0 amide bonds. The molecular weight excluding hydrogens is 186 g/mol. The zero-order valence-electron chi connectivity index (χ0n) is 9.13. The summed E-state index contributed by atoms with van der Waals surface area (Å²) in [6.07, 6.45) is 6.89. The van der Waals surface area contributed by atoms with Gasteiger partial charge in [0.25, 0.3) is 0 Å². The maximum absolute atomic E-state index is 9.83. The normalized spacial score (nSPS) is 15.8. The van der Waals surface area contributed by atoms with Crippen molar-refractivity contribution in [2.24, 2.45) is 5.73 Å². The number of benzene rings is 1. The zero-order chi connectivity index (χ0) is 10.7. The number of rotatable bonds is 2. The van der Waals surface area contributed by atoms with Crippen LogP contribution in [0.4, 0.5) is 0 Å². The molecule has 2 nitrogen and oxygen atoms in total. The predicted octanol–water partition coefficient (Wildman–Crippen LogP) is 2.16. The summed E-state index contributed by atoms with van der Waals surface area (Å²) in [5.74, 6) is 0.432. The number of phenols is 1. The molecule has 15 heavy (non-hydrogen) atoms. The van der Waals surface area contributed by atoms with Gasteiger partial charge in [0.05, 0.1) is 0 Å². The molecule has 1 aliphatic carbocycles. The van der Waals surface area contributed by atoms with Crippen LogP contribution in [0.5, 0.6) is 5.75 Å². The van der Waals surface area contributed by atoms with Gasteiger partial charge in [-0.15, -0.1) is 0 Å². The van der Waals surface area contributed by atoms with E-state index in [2.05, 4.69) is 6.07 Å². The molecule has 0 aromatic heterocycles. The molecule has 0 heterocycles. The molecule has 3 N–H and O–H groups in total. The SMILES string of the molecule is NCCc1cc2c(cc1O)CCCCC2. The summed E-state index contributed by atoms with van der Waals surface area (Å²) in [7, 11) is 0. The highest BCUT2D eigenvalue weighted by Gasteiger charge is 2.11. The van der Waals surface area contributed by atoms with Gasteiger partial charge in [0.1, 0.15) is 5.75 Å². The molecule has 0 spiro atoms. The summed E-state index contributed by atoms with van der Waals surface area (Å²) < 4.78 is 0. The van der Waals surface area contributed by atoms with Gasteiger partial charge in [0.2, 0.25) is 0 Å². The van der Waals surface area contributed by atoms with Gasteiger partial charge in [0.15, 0.2) is 0 Å². The Morgan fingerprint density at radius 1 is 1.07 bits per heavy atom. The molecule has 0 atom stereocenters. The third kappa shape index (κ3) is 2.32. The van der Waals surface area contributed by atoms with Crippen LogP contribution >= 0.6 is 0 Å². The van der Waals surface area contributed by atoms with Gasteiger partial charge in [0, 0.05) is 0 Å². The average molecular weight is 205 g/mol. The highest BCUT2D eigenvalue weighted by molar-refractivity contribution is 5.42. The van der Waals surface area contributed by atoms with E-state index in [4.69, 9.17) is 5.73 Å². The Morgan fingerprint density at radius 3 is 2.40 bits per heavy atom. The molecule has 0 radical (unpaired) electrons. The van der Waals surface area contributed by atoms with Crippen LogP contribution < -0.4 is 5.73 Å². The number of fused-ring (bicyclic) bond motifs is 1. The number of hydrogen-bond donors (Lipinski definition) is 2. The van der Waals surface area contributed by atoms with Crippen LogP contribution in [0, 0.1) is 0 Å². The first-order valence-electron chi connectivity index (χ1n) is 5.85. The Balaban J connectivity index is 2.33. The van der Waals surface area contributed by atoms with Crippen LogP contribution in [-0.2, 0) is 19.3 Å². The molecule has 0 saturated heterocycles. The van der Waals surface area contributed by atoms with Gasteiger partial charge in [-0.25, -0.2) is 0 Å². The molecule has 1 aromatic rings. The van der Waals surface area contributed by atoms with Gasteiger partial charge in [-0.2, -0.15) is 0 Å². The Morgan fingerprint density at radius 2 is 1.73 bits per heavy atom. The standard InChI is InChI=1S/C13H19NO/c14-7-6-12-8-10-4-2-1-3-5-11(10)9-13(12)15/h8-9,15H,1-7,14H2. The van der Waals surface area contributed by atoms with Gasteiger partial charge in [-0.3, -0.25) is 0 Å². The maximum atomic E-state index is 9.83. The van der Waals surface area contributed by atoms with Gasteiger partial charge < -0.3 is 10.8 Å². The van der Waals surface area contributed by atoms with Crippen molar-refractivity contribution in [3.63, 3.8) is 0 Å². The van der Waals surface area contributed by atoms with E-state index in [1.165, 1.54) is 30.4 Å². The smallest absolute Gasteiger partial charge is 0.119 e. The first kappa shape index (κ1) is 10.5. The summed E-state index contributed by atoms with van der Waals surface area (Å²) >= 11 is 0. The predicted molar refractivity (Wildman–Crippen MR) is 62.1 cm³/mol. The Bertz CT molecular complexity index is 347. The summed E-state index contributed by atoms with van der Waals surface area (Å²) in [6.45, 7) is 0.604. The third-order valence-corrected chi connectivity index (χ3v) is 3.21. The second kappa shape index (κ2) is 4.67. The molecule has 82 valence electrons. The molecule has 1 aliphatic rings. The first-order valence-corrected chi connectivity index (χ1v) is 5.85. The van der Waals surface area contributed by atoms with Crippen LogP contribution in [0.3, 0.4) is 0 Å². The van der Waals surface area contributed by atoms with Crippen molar-refractivity contribution < 1.29 is 5.11 Å². The van der Waals surface area contributed by atoms with Gasteiger partial charge >= 0.3 is 0 Å². The lowest BCUT2D eigenvalue weighted by atomic mass is 9.98. The van der Waals surface area contributed by atoms with E-state index < -0.39 is 0 Å². The average Bonchev–Trinajstić information content (AvgIpc) is 2.44. The van der Waals surface area contributed by atoms with Crippen molar-refractivity contribution in [2.75, 3.05) is 6.54 Å². The fourth-order valence-corrected chi connectivity index (χ4v) is 2.36. The second-order valence-electron chi connectivity index (χ2n) is 4.35. The van der Waals surface area contributed by atoms with E-state index in [1.54, 1.807) is 0 Å². The number of nitrogens with two attached hydrogens (primary N) is 1. The lowest BCUT2D eigenvalue weighted by molar-refractivity contribution is 0.467. The molecule has 0 bridgehead atoms. The second-order valence-corrected chi connectivity index (χ2v) is 4.35. The Hall–Kier alpha value is -1.02. The molecule has 0 fully saturated rings. The van der Waals surface area contributed by atoms with E-state index in [1.807, 2.05) is 6.07 Å². The van der Waals surface area contributed by atoms with Gasteiger partial charge in [-0.1, -0.05) is 12.5 Å². The molecule has 0 saturated carbocycles. The molecule has 2 rings (SSSR count). The molecule has 1 aromatic carbocycles. The Kier molecular flexibility index (Phi) is 3.27. The van der Waals surface area contributed by atoms with E-state index in [0.29, 0.717) is 12.3 Å². The van der Waals surface area contributed by atoms with Crippen molar-refractivity contribution in [2.45, 2.75) is 38.5 Å². The minimum Gasteiger partial charge on any atom is -0.508 e. The number of hydrogen-bond acceptors (Lipinski definition) is 2. The minimum absolute atomic E-state index is 0.432. The summed E-state index contributed by atoms with van der Waals surface area (Å²) in [5, 5.41) is 9.83. The van der Waals surface area contributed by atoms with Crippen molar-refractivity contribution in [1.82, 2.24) is 0 Å². The molecular formula is C13H19NO. The fraction of sp³-hybridized carbons (Fsp3) is 0.538. The van der Waals surface area contributed by atoms with Crippen molar-refractivity contribution in [1.29, 1.82) is 0 Å². The van der Waals surface area contributed by atoms with Crippen LogP contribution in [0.25, 0.3) is 0 Å². The number of aromatic hydroxyl groups is 1. The Labute approximate surface area is 91.1 Å². The number of aryl methyl sites for hydroxylation is 2. The molecule has 2 heteroatoms. The zero-order valence-corrected chi connectivity index (χ0v) is 9.13. The van der Waals surface area contributed by atoms with Crippen molar-refractivity contribution in [3.8, 4) is 5.75 Å². The van der Waals surface area contributed by atoms with E-state index in [9.17, 15) is 5.11 Å². The topological polar surface area (TPSA) is 46.2 Å². The highest BCUT2D eigenvalue weighted by Crippen LogP contribution is 2.27.